The van der Waals surface area contributed by atoms with Gasteiger partial charge in [-0.05, 0) is 12.1 Å². The van der Waals surface area contributed by atoms with Crippen molar-refractivity contribution >= 4 is 5.69 Å². The summed E-state index contributed by atoms with van der Waals surface area (Å²) < 4.78 is 70.1. The van der Waals surface area contributed by atoms with E-state index in [0.717, 1.165) is 0 Å². The van der Waals surface area contributed by atoms with Crippen molar-refractivity contribution in [2.75, 3.05) is 11.9 Å². The van der Waals surface area contributed by atoms with Crippen molar-refractivity contribution in [1.82, 2.24) is 0 Å². The topological polar surface area (TPSA) is 45.4 Å². The summed E-state index contributed by atoms with van der Waals surface area (Å²) in [6.07, 6.45) is -0.0447. The van der Waals surface area contributed by atoms with E-state index >= 15 is 0 Å². The van der Waals surface area contributed by atoms with Gasteiger partial charge in [-0.2, -0.15) is 0 Å². The van der Waals surface area contributed by atoms with Gasteiger partial charge in [0.05, 0.1) is 6.26 Å². The third kappa shape index (κ3) is 2.46. The smallest absolute Gasteiger partial charge is 0.200 e. The molecule has 0 saturated carbocycles. The molecule has 1 aromatic carbocycles. The second kappa shape index (κ2) is 5.49. The quantitative estimate of drug-likeness (QED) is 0.517. The molecule has 0 aliphatic rings. The van der Waals surface area contributed by atoms with Crippen molar-refractivity contribution in [2.45, 2.75) is 6.10 Å². The minimum absolute atomic E-state index is 0.0846. The van der Waals surface area contributed by atoms with Crippen LogP contribution in [0.3, 0.4) is 0 Å². The third-order valence-electron chi connectivity index (χ3n) is 2.55. The fraction of sp³-hybridized carbons (Fsp3) is 0.167. The van der Waals surface area contributed by atoms with Crippen LogP contribution in [0.15, 0.2) is 22.8 Å². The van der Waals surface area contributed by atoms with Crippen LogP contribution in [-0.4, -0.2) is 11.7 Å². The molecule has 0 spiro atoms. The molecule has 20 heavy (non-hydrogen) atoms. The lowest BCUT2D eigenvalue weighted by atomic mass is 10.2. The van der Waals surface area contributed by atoms with Crippen molar-refractivity contribution in [3.05, 3.63) is 53.2 Å². The van der Waals surface area contributed by atoms with Crippen LogP contribution in [0.2, 0.25) is 0 Å². The summed E-state index contributed by atoms with van der Waals surface area (Å²) in [4.78, 5) is 0. The Hall–Kier alpha value is -2.09. The van der Waals surface area contributed by atoms with E-state index in [9.17, 15) is 27.1 Å². The van der Waals surface area contributed by atoms with Crippen LogP contribution < -0.4 is 5.32 Å². The number of furan rings is 1. The Morgan fingerprint density at radius 3 is 2.05 bits per heavy atom. The van der Waals surface area contributed by atoms with E-state index in [2.05, 4.69) is 0 Å². The Bertz CT molecular complexity index is 586. The summed E-state index contributed by atoms with van der Waals surface area (Å²) in [5.41, 5.74) is -1.20. The summed E-state index contributed by atoms with van der Waals surface area (Å²) in [6, 6.07) is 2.86. The lowest BCUT2D eigenvalue weighted by molar-refractivity contribution is 0.162. The summed E-state index contributed by atoms with van der Waals surface area (Å²) >= 11 is 0. The highest BCUT2D eigenvalue weighted by Gasteiger charge is 2.26. The maximum Gasteiger partial charge on any atom is 0.200 e. The first kappa shape index (κ1) is 14.3. The average molecular weight is 293 g/mol. The first-order chi connectivity index (χ1) is 9.43. The summed E-state index contributed by atoms with van der Waals surface area (Å²) in [5, 5.41) is 11.6. The molecule has 2 aromatic rings. The number of aliphatic hydroxyl groups excluding tert-OH is 1. The lowest BCUT2D eigenvalue weighted by Crippen LogP contribution is -2.16. The predicted molar refractivity (Wildman–Crippen MR) is 58.4 cm³/mol. The highest BCUT2D eigenvalue weighted by atomic mass is 19.2. The molecule has 1 heterocycles. The number of nitrogens with one attached hydrogen (secondary N) is 1. The molecule has 0 aliphatic heterocycles. The molecule has 2 rings (SSSR count). The molecule has 0 bridgehead atoms. The van der Waals surface area contributed by atoms with Gasteiger partial charge in [0.15, 0.2) is 23.3 Å². The summed E-state index contributed by atoms with van der Waals surface area (Å²) in [5.74, 6) is -10.3. The predicted octanol–water partition coefficient (Wildman–Crippen LogP) is 3.12. The normalized spacial score (nSPS) is 12.5. The van der Waals surface area contributed by atoms with Crippen LogP contribution in [0.1, 0.15) is 11.9 Å². The second-order valence-electron chi connectivity index (χ2n) is 3.86. The molecule has 0 saturated heterocycles. The number of hydrogen-bond donors (Lipinski definition) is 2. The van der Waals surface area contributed by atoms with Crippen LogP contribution in [0.5, 0.6) is 0 Å². The van der Waals surface area contributed by atoms with Gasteiger partial charge in [-0.3, -0.25) is 0 Å². The van der Waals surface area contributed by atoms with E-state index in [1.165, 1.54) is 18.4 Å². The zero-order chi connectivity index (χ0) is 14.9. The Morgan fingerprint density at radius 2 is 1.55 bits per heavy atom. The Labute approximate surface area is 109 Å². The molecule has 3 nitrogen and oxygen atoms in total. The van der Waals surface area contributed by atoms with Crippen LogP contribution in [0.25, 0.3) is 0 Å². The third-order valence-corrected chi connectivity index (χ3v) is 2.55. The molecule has 2 N–H and O–H groups in total. The van der Waals surface area contributed by atoms with Gasteiger partial charge in [0.1, 0.15) is 17.6 Å². The van der Waals surface area contributed by atoms with E-state index < -0.39 is 47.4 Å². The van der Waals surface area contributed by atoms with Crippen molar-refractivity contribution in [1.29, 1.82) is 0 Å². The summed E-state index contributed by atoms with van der Waals surface area (Å²) in [7, 11) is 0. The van der Waals surface area contributed by atoms with Gasteiger partial charge in [-0.15, -0.1) is 0 Å². The highest BCUT2D eigenvalue weighted by Crippen LogP contribution is 2.27. The maximum atomic E-state index is 13.3. The van der Waals surface area contributed by atoms with Gasteiger partial charge >= 0.3 is 0 Å². The molecule has 0 amide bonds. The van der Waals surface area contributed by atoms with Gasteiger partial charge in [0.2, 0.25) is 5.82 Å². The van der Waals surface area contributed by atoms with E-state index in [0.29, 0.717) is 0 Å². The van der Waals surface area contributed by atoms with Crippen molar-refractivity contribution in [2.24, 2.45) is 0 Å². The average Bonchev–Trinajstić information content (AvgIpc) is 2.97. The van der Waals surface area contributed by atoms with Gasteiger partial charge < -0.3 is 14.8 Å². The molecule has 0 radical (unpaired) electrons. The SMILES string of the molecule is OC(CNc1c(F)c(F)c(F)c(F)c1F)c1ccco1. The zero-order valence-corrected chi connectivity index (χ0v) is 9.76. The van der Waals surface area contributed by atoms with Gasteiger partial charge in [-0.1, -0.05) is 0 Å². The summed E-state index contributed by atoms with van der Waals surface area (Å²) in [6.45, 7) is -0.494. The van der Waals surface area contributed by atoms with E-state index in [1.54, 1.807) is 0 Å². The standard InChI is InChI=1S/C12H8F5NO2/c13-7-8(14)10(16)12(11(17)9(7)15)18-4-5(19)6-2-1-3-20-6/h1-3,5,18-19H,4H2. The lowest BCUT2D eigenvalue weighted by Gasteiger charge is -2.13. The number of benzene rings is 1. The van der Waals surface area contributed by atoms with Crippen LogP contribution in [0.4, 0.5) is 27.6 Å². The minimum Gasteiger partial charge on any atom is -0.467 e. The number of hydrogen-bond acceptors (Lipinski definition) is 3. The first-order valence-electron chi connectivity index (χ1n) is 5.40. The molecular weight excluding hydrogens is 285 g/mol. The Morgan fingerprint density at radius 1 is 1.00 bits per heavy atom. The molecular formula is C12H8F5NO2. The molecule has 8 heteroatoms. The highest BCUT2D eigenvalue weighted by molar-refractivity contribution is 5.47. The van der Waals surface area contributed by atoms with E-state index in [1.807, 2.05) is 5.32 Å². The fourth-order valence-electron chi connectivity index (χ4n) is 1.54. The Balaban J connectivity index is 2.22. The van der Waals surface area contributed by atoms with Crippen molar-refractivity contribution in [3.8, 4) is 0 Å². The second-order valence-corrected chi connectivity index (χ2v) is 3.86. The van der Waals surface area contributed by atoms with Crippen molar-refractivity contribution in [3.63, 3.8) is 0 Å². The number of halogens is 5. The van der Waals surface area contributed by atoms with Crippen molar-refractivity contribution < 1.29 is 31.5 Å². The van der Waals surface area contributed by atoms with Gasteiger partial charge in [-0.25, -0.2) is 22.0 Å². The zero-order valence-electron chi connectivity index (χ0n) is 9.76. The maximum absolute atomic E-state index is 13.3. The number of rotatable bonds is 4. The first-order valence-corrected chi connectivity index (χ1v) is 5.40. The fourth-order valence-corrected chi connectivity index (χ4v) is 1.54. The molecule has 108 valence electrons. The van der Waals surface area contributed by atoms with E-state index in [4.69, 9.17) is 4.42 Å². The molecule has 0 fully saturated rings. The van der Waals surface area contributed by atoms with Crippen LogP contribution in [0, 0.1) is 29.1 Å². The molecule has 1 aromatic heterocycles. The van der Waals surface area contributed by atoms with Crippen LogP contribution in [-0.2, 0) is 0 Å². The van der Waals surface area contributed by atoms with Gasteiger partial charge in [0, 0.05) is 6.54 Å². The Kier molecular flexibility index (Phi) is 3.93. The number of anilines is 1. The minimum atomic E-state index is -2.24. The largest absolute Gasteiger partial charge is 0.467 e. The molecule has 1 atom stereocenters. The monoisotopic (exact) mass is 293 g/mol. The molecule has 0 aliphatic carbocycles. The van der Waals surface area contributed by atoms with Gasteiger partial charge in [0.25, 0.3) is 0 Å². The number of aliphatic hydroxyl groups is 1. The molecule has 1 unspecified atom stereocenters. The van der Waals surface area contributed by atoms with Crippen LogP contribution >= 0.6 is 0 Å². The van der Waals surface area contributed by atoms with E-state index in [-0.39, 0.29) is 5.76 Å².